The van der Waals surface area contributed by atoms with Crippen LogP contribution in [0.2, 0.25) is 0 Å². The Morgan fingerprint density at radius 1 is 1.00 bits per heavy atom. The summed E-state index contributed by atoms with van der Waals surface area (Å²) in [5, 5.41) is 4.38. The molecule has 39 heavy (non-hydrogen) atoms. The number of amides is 2. The second-order valence-electron chi connectivity index (χ2n) is 9.83. The van der Waals surface area contributed by atoms with Crippen LogP contribution in [0.5, 0.6) is 17.2 Å². The van der Waals surface area contributed by atoms with Gasteiger partial charge >= 0.3 is 6.03 Å². The minimum absolute atomic E-state index is 0.186. The van der Waals surface area contributed by atoms with Gasteiger partial charge in [-0.3, -0.25) is 0 Å². The molecule has 1 N–H and O–H groups in total. The van der Waals surface area contributed by atoms with Gasteiger partial charge in [-0.2, -0.15) is 0 Å². The highest BCUT2D eigenvalue weighted by Gasteiger charge is 2.36. The fourth-order valence-electron chi connectivity index (χ4n) is 5.74. The molecular weight excluding hydrogens is 510 g/mol. The molecule has 0 radical (unpaired) electrons. The van der Waals surface area contributed by atoms with Gasteiger partial charge in [0.15, 0.2) is 0 Å². The minimum atomic E-state index is -0.293. The highest BCUT2D eigenvalue weighted by molar-refractivity contribution is 7.15. The van der Waals surface area contributed by atoms with Crippen LogP contribution in [-0.2, 0) is 19.4 Å². The smallest absolute Gasteiger partial charge is 0.323 e. The van der Waals surface area contributed by atoms with Gasteiger partial charge in [0.05, 0.1) is 44.8 Å². The van der Waals surface area contributed by atoms with Crippen LogP contribution < -0.4 is 19.5 Å². The van der Waals surface area contributed by atoms with Gasteiger partial charge in [-0.05, 0) is 80.1 Å². The SMILES string of the molecule is CCOc1ccc([C@@H]2c3cccn3-c3sc4c(c3CN2C(=O)Nc2ccc(OC)cc2OC)CCCC4)cc1. The fourth-order valence-corrected chi connectivity index (χ4v) is 7.14. The molecule has 0 saturated heterocycles. The lowest BCUT2D eigenvalue weighted by Gasteiger charge is -2.31. The van der Waals surface area contributed by atoms with Crippen LogP contribution in [0.4, 0.5) is 10.5 Å². The molecule has 0 saturated carbocycles. The molecule has 2 aromatic carbocycles. The number of thiophene rings is 1. The summed E-state index contributed by atoms with van der Waals surface area (Å²) in [5.41, 5.74) is 5.37. The maximum absolute atomic E-state index is 14.2. The lowest BCUT2D eigenvalue weighted by atomic mass is 9.95. The van der Waals surface area contributed by atoms with E-state index in [-0.39, 0.29) is 12.1 Å². The Morgan fingerprint density at radius 3 is 2.56 bits per heavy atom. The molecule has 2 aromatic heterocycles. The molecule has 2 aliphatic rings. The Hall–Kier alpha value is -3.91. The normalized spacial score (nSPS) is 16.0. The minimum Gasteiger partial charge on any atom is -0.497 e. The van der Waals surface area contributed by atoms with Gasteiger partial charge in [-0.25, -0.2) is 4.79 Å². The molecule has 2 amide bonds. The highest BCUT2D eigenvalue weighted by atomic mass is 32.1. The predicted molar refractivity (Wildman–Crippen MR) is 154 cm³/mol. The van der Waals surface area contributed by atoms with Gasteiger partial charge in [-0.1, -0.05) is 12.1 Å². The van der Waals surface area contributed by atoms with Crippen molar-refractivity contribution in [1.29, 1.82) is 0 Å². The van der Waals surface area contributed by atoms with E-state index in [1.165, 1.54) is 33.8 Å². The van der Waals surface area contributed by atoms with E-state index >= 15 is 0 Å². The van der Waals surface area contributed by atoms with E-state index in [1.54, 1.807) is 20.3 Å². The predicted octanol–water partition coefficient (Wildman–Crippen LogP) is 6.97. The summed E-state index contributed by atoms with van der Waals surface area (Å²) in [5.74, 6) is 2.03. The van der Waals surface area contributed by atoms with Crippen LogP contribution in [0, 0.1) is 0 Å². The van der Waals surface area contributed by atoms with E-state index in [0.29, 0.717) is 30.3 Å². The third-order valence-electron chi connectivity index (χ3n) is 7.60. The Bertz CT molecular complexity index is 1490. The van der Waals surface area contributed by atoms with E-state index < -0.39 is 0 Å². The standard InChI is InChI=1S/C31H33N3O4S/c1-4-38-21-13-11-20(12-14-21)29-26-9-7-17-33(26)30-24(23-8-5-6-10-28(23)39-30)19-34(29)31(35)32-25-16-15-22(36-2)18-27(25)37-3/h7,9,11-18,29H,4-6,8,10,19H2,1-3H3,(H,32,35)/t29-/m1/s1. The van der Waals surface area contributed by atoms with Crippen LogP contribution in [0.25, 0.3) is 5.00 Å². The van der Waals surface area contributed by atoms with Gasteiger partial charge in [-0.15, -0.1) is 11.3 Å². The number of benzene rings is 2. The summed E-state index contributed by atoms with van der Waals surface area (Å²) >= 11 is 1.88. The van der Waals surface area contributed by atoms with E-state index in [9.17, 15) is 4.79 Å². The quantitative estimate of drug-likeness (QED) is 0.285. The van der Waals surface area contributed by atoms with Crippen molar-refractivity contribution in [1.82, 2.24) is 9.47 Å². The first kappa shape index (κ1) is 25.4. The van der Waals surface area contributed by atoms with E-state index in [4.69, 9.17) is 14.2 Å². The number of hydrogen-bond donors (Lipinski definition) is 1. The summed E-state index contributed by atoms with van der Waals surface area (Å²) in [6.07, 6.45) is 6.72. The zero-order valence-electron chi connectivity index (χ0n) is 22.5. The van der Waals surface area contributed by atoms with Crippen molar-refractivity contribution in [3.05, 3.63) is 88.1 Å². The summed E-state index contributed by atoms with van der Waals surface area (Å²) < 4.78 is 18.9. The van der Waals surface area contributed by atoms with Crippen molar-refractivity contribution >= 4 is 23.1 Å². The molecule has 3 heterocycles. The Labute approximate surface area is 232 Å². The number of anilines is 1. The van der Waals surface area contributed by atoms with E-state index in [1.807, 2.05) is 47.4 Å². The molecule has 0 spiro atoms. The third kappa shape index (κ3) is 4.63. The number of carbonyl (C=O) groups is 1. The van der Waals surface area contributed by atoms with Gasteiger partial charge < -0.3 is 29.0 Å². The molecule has 0 fully saturated rings. The fraction of sp³-hybridized carbons (Fsp3) is 0.323. The van der Waals surface area contributed by atoms with Gasteiger partial charge in [0, 0.05) is 22.7 Å². The third-order valence-corrected chi connectivity index (χ3v) is 8.93. The maximum atomic E-state index is 14.2. The van der Waals surface area contributed by atoms with Crippen molar-refractivity contribution in [2.75, 3.05) is 26.1 Å². The number of aromatic nitrogens is 1. The van der Waals surface area contributed by atoms with Crippen molar-refractivity contribution in [2.24, 2.45) is 0 Å². The topological polar surface area (TPSA) is 65.0 Å². The van der Waals surface area contributed by atoms with Crippen molar-refractivity contribution in [2.45, 2.75) is 45.2 Å². The molecule has 7 nitrogen and oxygen atoms in total. The number of methoxy groups -OCH3 is 2. The first-order valence-electron chi connectivity index (χ1n) is 13.4. The van der Waals surface area contributed by atoms with Crippen molar-refractivity contribution in [3.63, 3.8) is 0 Å². The zero-order valence-corrected chi connectivity index (χ0v) is 23.3. The second-order valence-corrected chi connectivity index (χ2v) is 10.9. The van der Waals surface area contributed by atoms with Crippen LogP contribution in [-0.4, -0.2) is 36.3 Å². The molecule has 0 bridgehead atoms. The second kappa shape index (κ2) is 10.7. The molecule has 1 aliphatic heterocycles. The molecule has 4 aromatic rings. The maximum Gasteiger partial charge on any atom is 0.323 e. The lowest BCUT2D eigenvalue weighted by Crippen LogP contribution is -2.38. The molecule has 0 unspecified atom stereocenters. The average Bonchev–Trinajstić information content (AvgIpc) is 3.56. The molecule has 1 aliphatic carbocycles. The van der Waals surface area contributed by atoms with Crippen LogP contribution >= 0.6 is 11.3 Å². The largest absolute Gasteiger partial charge is 0.497 e. The van der Waals surface area contributed by atoms with Crippen LogP contribution in [0.3, 0.4) is 0 Å². The highest BCUT2D eigenvalue weighted by Crippen LogP contribution is 2.44. The Morgan fingerprint density at radius 2 is 1.79 bits per heavy atom. The summed E-state index contributed by atoms with van der Waals surface area (Å²) in [7, 11) is 3.20. The number of urea groups is 1. The molecule has 8 heteroatoms. The number of nitrogens with one attached hydrogen (secondary N) is 1. The van der Waals surface area contributed by atoms with Gasteiger partial charge in [0.2, 0.25) is 0 Å². The Kier molecular flexibility index (Phi) is 6.95. The van der Waals surface area contributed by atoms with Crippen molar-refractivity contribution < 1.29 is 19.0 Å². The van der Waals surface area contributed by atoms with Gasteiger partial charge in [0.25, 0.3) is 0 Å². The van der Waals surface area contributed by atoms with Gasteiger partial charge in [0.1, 0.15) is 22.2 Å². The average molecular weight is 544 g/mol. The van der Waals surface area contributed by atoms with Crippen molar-refractivity contribution in [3.8, 4) is 22.2 Å². The first-order valence-corrected chi connectivity index (χ1v) is 14.3. The first-order chi connectivity index (χ1) is 19.1. The zero-order chi connectivity index (χ0) is 26.9. The van der Waals surface area contributed by atoms with Crippen LogP contribution in [0.15, 0.2) is 60.8 Å². The van der Waals surface area contributed by atoms with Crippen LogP contribution in [0.1, 0.15) is 53.1 Å². The lowest BCUT2D eigenvalue weighted by molar-refractivity contribution is 0.194. The van der Waals surface area contributed by atoms with E-state index in [0.717, 1.165) is 29.8 Å². The molecule has 202 valence electrons. The van der Waals surface area contributed by atoms with E-state index in [2.05, 4.69) is 40.3 Å². The molecule has 6 rings (SSSR count). The molecular formula is C31H33N3O4S. The molecule has 1 atom stereocenters. The summed E-state index contributed by atoms with van der Waals surface area (Å²) in [4.78, 5) is 17.6. The number of rotatable bonds is 6. The monoisotopic (exact) mass is 543 g/mol. The summed E-state index contributed by atoms with van der Waals surface area (Å²) in [6, 6.07) is 17.2. The number of fused-ring (bicyclic) bond motifs is 5. The number of carbonyl (C=O) groups excluding carboxylic acids is 1. The Balaban J connectivity index is 1.46. The number of aryl methyl sites for hydroxylation is 1. The summed E-state index contributed by atoms with van der Waals surface area (Å²) in [6.45, 7) is 3.10. The number of ether oxygens (including phenoxy) is 3. The number of hydrogen-bond acceptors (Lipinski definition) is 5. The number of nitrogens with zero attached hydrogens (tertiary/aromatic N) is 2.